The third-order valence-electron chi connectivity index (χ3n) is 2.93. The predicted octanol–water partition coefficient (Wildman–Crippen LogP) is 5.64. The van der Waals surface area contributed by atoms with Gasteiger partial charge in [0, 0.05) is 5.02 Å². The Bertz CT molecular complexity index is 754. The van der Waals surface area contributed by atoms with E-state index in [2.05, 4.69) is 0 Å². The van der Waals surface area contributed by atoms with Crippen molar-refractivity contribution in [2.75, 3.05) is 18.5 Å². The number of hydrogen-bond donors (Lipinski definition) is 1. The number of hydrogen-bond acceptors (Lipinski definition) is 3. The first-order valence-electron chi connectivity index (χ1n) is 6.95. The van der Waals surface area contributed by atoms with Gasteiger partial charge in [0.2, 0.25) is 0 Å². The smallest absolute Gasteiger partial charge is 0.418 e. The van der Waals surface area contributed by atoms with Crippen molar-refractivity contribution in [3.63, 3.8) is 0 Å². The van der Waals surface area contributed by atoms with E-state index < -0.39 is 23.5 Å². The number of rotatable bonds is 5. The second-order valence-electron chi connectivity index (χ2n) is 4.73. The molecule has 0 atom stereocenters. The first-order chi connectivity index (χ1) is 11.8. The molecule has 0 aromatic heterocycles. The molecule has 4 nitrogen and oxygen atoms in total. The van der Waals surface area contributed by atoms with Gasteiger partial charge in [0.1, 0.15) is 19.0 Å². The molecule has 0 bridgehead atoms. The van der Waals surface area contributed by atoms with Crippen LogP contribution in [0.3, 0.4) is 0 Å². The Morgan fingerprint density at radius 3 is 2.48 bits per heavy atom. The molecule has 1 N–H and O–H groups in total. The summed E-state index contributed by atoms with van der Waals surface area (Å²) >= 11 is 11.4. The number of carbonyl (C=O) groups is 1. The molecule has 2 aromatic rings. The third-order valence-corrected chi connectivity index (χ3v) is 3.48. The van der Waals surface area contributed by atoms with Crippen molar-refractivity contribution in [3.8, 4) is 5.75 Å². The van der Waals surface area contributed by atoms with Crippen LogP contribution in [0.15, 0.2) is 42.5 Å². The van der Waals surface area contributed by atoms with Gasteiger partial charge in [-0.2, -0.15) is 13.2 Å². The minimum atomic E-state index is -4.67. The Balaban J connectivity index is 1.88. The van der Waals surface area contributed by atoms with Crippen LogP contribution in [0.4, 0.5) is 23.7 Å². The second kappa shape index (κ2) is 8.31. The number of benzene rings is 2. The van der Waals surface area contributed by atoms with E-state index in [1.54, 1.807) is 24.3 Å². The molecule has 0 aliphatic heterocycles. The lowest BCUT2D eigenvalue weighted by molar-refractivity contribution is -0.136. The lowest BCUT2D eigenvalue weighted by Gasteiger charge is -2.14. The van der Waals surface area contributed by atoms with Gasteiger partial charge in [0.05, 0.1) is 16.3 Å². The van der Waals surface area contributed by atoms with Crippen molar-refractivity contribution in [1.29, 1.82) is 0 Å². The first-order valence-corrected chi connectivity index (χ1v) is 7.71. The molecule has 9 heteroatoms. The van der Waals surface area contributed by atoms with Gasteiger partial charge >= 0.3 is 12.3 Å². The van der Waals surface area contributed by atoms with E-state index >= 15 is 0 Å². The predicted molar refractivity (Wildman–Crippen MR) is 88.4 cm³/mol. The Morgan fingerprint density at radius 2 is 1.80 bits per heavy atom. The molecule has 0 aliphatic carbocycles. The average molecular weight is 394 g/mol. The van der Waals surface area contributed by atoms with Gasteiger partial charge in [0.15, 0.2) is 0 Å². The van der Waals surface area contributed by atoms with E-state index in [-0.39, 0.29) is 18.2 Å². The normalized spacial score (nSPS) is 11.1. The van der Waals surface area contributed by atoms with E-state index in [1.807, 2.05) is 5.32 Å². The van der Waals surface area contributed by atoms with Crippen molar-refractivity contribution in [1.82, 2.24) is 0 Å². The zero-order chi connectivity index (χ0) is 18.4. The number of ether oxygens (including phenoxy) is 2. The zero-order valence-corrected chi connectivity index (χ0v) is 14.1. The topological polar surface area (TPSA) is 47.6 Å². The second-order valence-corrected chi connectivity index (χ2v) is 5.57. The van der Waals surface area contributed by atoms with Crippen LogP contribution in [0.2, 0.25) is 10.0 Å². The summed E-state index contributed by atoms with van der Waals surface area (Å²) in [7, 11) is 0. The molecule has 0 saturated carbocycles. The van der Waals surface area contributed by atoms with Crippen LogP contribution in [-0.4, -0.2) is 19.3 Å². The van der Waals surface area contributed by atoms with Gasteiger partial charge in [-0.05, 0) is 30.3 Å². The van der Waals surface area contributed by atoms with Crippen LogP contribution >= 0.6 is 23.2 Å². The Hall–Kier alpha value is -2.12. The van der Waals surface area contributed by atoms with Crippen molar-refractivity contribution < 1.29 is 27.4 Å². The van der Waals surface area contributed by atoms with Crippen LogP contribution in [0.5, 0.6) is 5.75 Å². The van der Waals surface area contributed by atoms with E-state index in [1.165, 1.54) is 6.07 Å². The summed E-state index contributed by atoms with van der Waals surface area (Å²) in [6.07, 6.45) is -5.71. The number of para-hydroxylation sites is 1. The maximum atomic E-state index is 12.9. The summed E-state index contributed by atoms with van der Waals surface area (Å²) in [6.45, 7) is -0.185. The lowest BCUT2D eigenvalue weighted by Crippen LogP contribution is -2.20. The van der Waals surface area contributed by atoms with E-state index in [0.29, 0.717) is 10.8 Å². The van der Waals surface area contributed by atoms with Crippen molar-refractivity contribution in [2.24, 2.45) is 0 Å². The largest absolute Gasteiger partial charge is 0.488 e. The van der Waals surface area contributed by atoms with Gasteiger partial charge in [-0.15, -0.1) is 0 Å². The van der Waals surface area contributed by atoms with Crippen LogP contribution in [0.25, 0.3) is 0 Å². The summed E-state index contributed by atoms with van der Waals surface area (Å²) in [6, 6.07) is 9.70. The first kappa shape index (κ1) is 19.2. The van der Waals surface area contributed by atoms with Crippen LogP contribution in [0, 0.1) is 0 Å². The van der Waals surface area contributed by atoms with E-state index in [4.69, 9.17) is 32.7 Å². The molecular formula is C16H12Cl2F3NO3. The standard InChI is InChI=1S/C16H12Cl2F3NO3/c17-10-5-6-13(11(9-10)16(19,20)21)22-15(23)25-8-7-24-14-4-2-1-3-12(14)18/h1-6,9H,7-8H2,(H,22,23). The maximum absolute atomic E-state index is 12.9. The fraction of sp³-hybridized carbons (Fsp3) is 0.188. The van der Waals surface area contributed by atoms with Gasteiger partial charge in [-0.25, -0.2) is 4.79 Å². The Labute approximate surface area is 151 Å². The SMILES string of the molecule is O=C(Nc1ccc(Cl)cc1C(F)(F)F)OCCOc1ccccc1Cl. The van der Waals surface area contributed by atoms with Crippen molar-refractivity contribution >= 4 is 35.0 Å². The molecule has 1 amide bonds. The van der Waals surface area contributed by atoms with Crippen LogP contribution in [-0.2, 0) is 10.9 Å². The number of alkyl halides is 3. The Kier molecular flexibility index (Phi) is 6.39. The molecule has 0 heterocycles. The number of amides is 1. The highest BCUT2D eigenvalue weighted by atomic mass is 35.5. The molecule has 0 aliphatic rings. The third kappa shape index (κ3) is 5.72. The van der Waals surface area contributed by atoms with Gasteiger partial charge in [-0.1, -0.05) is 35.3 Å². The van der Waals surface area contributed by atoms with E-state index in [9.17, 15) is 18.0 Å². The van der Waals surface area contributed by atoms with Gasteiger partial charge in [-0.3, -0.25) is 5.32 Å². The van der Waals surface area contributed by atoms with Gasteiger partial charge < -0.3 is 9.47 Å². The molecule has 0 spiro atoms. The highest BCUT2D eigenvalue weighted by Gasteiger charge is 2.34. The molecule has 134 valence electrons. The fourth-order valence-electron chi connectivity index (χ4n) is 1.85. The average Bonchev–Trinajstić information content (AvgIpc) is 2.54. The number of anilines is 1. The summed E-state index contributed by atoms with van der Waals surface area (Å²) in [5.41, 5.74) is -1.52. The summed E-state index contributed by atoms with van der Waals surface area (Å²) in [5, 5.41) is 2.33. The molecule has 0 saturated heterocycles. The molecule has 2 aromatic carbocycles. The zero-order valence-electron chi connectivity index (χ0n) is 12.6. The summed E-state index contributed by atoms with van der Waals surface area (Å²) in [4.78, 5) is 11.6. The van der Waals surface area contributed by atoms with Gasteiger partial charge in [0.25, 0.3) is 0 Å². The molecular weight excluding hydrogens is 382 g/mol. The van der Waals surface area contributed by atoms with E-state index in [0.717, 1.165) is 12.1 Å². The van der Waals surface area contributed by atoms with Crippen molar-refractivity contribution in [3.05, 3.63) is 58.1 Å². The molecule has 0 radical (unpaired) electrons. The minimum absolute atomic E-state index is 0.0100. The maximum Gasteiger partial charge on any atom is 0.418 e. The highest BCUT2D eigenvalue weighted by Crippen LogP contribution is 2.36. The minimum Gasteiger partial charge on any atom is -0.488 e. The lowest BCUT2D eigenvalue weighted by atomic mass is 10.1. The van der Waals surface area contributed by atoms with Crippen molar-refractivity contribution in [2.45, 2.75) is 6.18 Å². The number of nitrogens with one attached hydrogen (secondary N) is 1. The monoisotopic (exact) mass is 393 g/mol. The number of halogens is 5. The molecule has 25 heavy (non-hydrogen) atoms. The highest BCUT2D eigenvalue weighted by molar-refractivity contribution is 6.32. The summed E-state index contributed by atoms with van der Waals surface area (Å²) < 4.78 is 48.9. The molecule has 2 rings (SSSR count). The Morgan fingerprint density at radius 1 is 1.08 bits per heavy atom. The van der Waals surface area contributed by atoms with Crippen LogP contribution in [0.1, 0.15) is 5.56 Å². The molecule has 0 unspecified atom stereocenters. The van der Waals surface area contributed by atoms with Crippen LogP contribution < -0.4 is 10.1 Å². The molecule has 0 fully saturated rings. The number of carbonyl (C=O) groups excluding carboxylic acids is 1. The fourth-order valence-corrected chi connectivity index (χ4v) is 2.22. The summed E-state index contributed by atoms with van der Waals surface area (Å²) in [5.74, 6) is 0.408. The quantitative estimate of drug-likeness (QED) is 0.668.